The molecule has 178 valence electrons. The van der Waals surface area contributed by atoms with E-state index < -0.39 is 17.7 Å². The van der Waals surface area contributed by atoms with Crippen molar-refractivity contribution in [3.8, 4) is 5.75 Å². The lowest BCUT2D eigenvalue weighted by Crippen LogP contribution is -2.43. The predicted octanol–water partition coefficient (Wildman–Crippen LogP) is 3.69. The number of β-amino-alcohol motifs (C(OH)–C–C–N with tert-alkyl or cyclic N) is 1. The van der Waals surface area contributed by atoms with E-state index in [0.717, 1.165) is 54.2 Å². The third-order valence-corrected chi connectivity index (χ3v) is 6.51. The molecule has 0 bridgehead atoms. The molecular weight excluding hydrogens is 440 g/mol. The van der Waals surface area contributed by atoms with Crippen LogP contribution in [0.15, 0.2) is 42.6 Å². The number of rotatable bonds is 7. The number of aromatic nitrogens is 3. The summed E-state index contributed by atoms with van der Waals surface area (Å²) in [6.07, 6.45) is 2.93. The summed E-state index contributed by atoms with van der Waals surface area (Å²) in [6, 6.07) is 10.4. The Morgan fingerprint density at radius 2 is 2.03 bits per heavy atom. The number of ether oxygens (including phenoxy) is 1. The second-order valence-electron chi connectivity index (χ2n) is 8.70. The molecule has 1 saturated heterocycles. The molecule has 5 rings (SSSR count). The molecule has 0 spiro atoms. The monoisotopic (exact) mass is 467 g/mol. The number of aliphatic hydroxyl groups is 1. The van der Waals surface area contributed by atoms with E-state index in [2.05, 4.69) is 25.2 Å². The SMILES string of the molecule is COc1ccc2nccc([C@@H](O)CN3CCC(NCc4nc5c(F)c(F)ccc5[nH]4)CC3)c2c1. The van der Waals surface area contributed by atoms with Crippen LogP contribution in [0.4, 0.5) is 8.78 Å². The summed E-state index contributed by atoms with van der Waals surface area (Å²) in [5.41, 5.74) is 2.19. The molecule has 0 amide bonds. The third-order valence-electron chi connectivity index (χ3n) is 6.51. The molecule has 0 radical (unpaired) electrons. The maximum atomic E-state index is 13.9. The van der Waals surface area contributed by atoms with Gasteiger partial charge in [0.2, 0.25) is 0 Å². The number of methoxy groups -OCH3 is 1. The Kier molecular flexibility index (Phi) is 6.40. The lowest BCUT2D eigenvalue weighted by molar-refractivity contribution is 0.0948. The topological polar surface area (TPSA) is 86.3 Å². The molecule has 0 unspecified atom stereocenters. The summed E-state index contributed by atoms with van der Waals surface area (Å²) < 4.78 is 32.6. The second kappa shape index (κ2) is 9.61. The van der Waals surface area contributed by atoms with E-state index in [1.54, 1.807) is 13.3 Å². The Morgan fingerprint density at radius 1 is 1.21 bits per heavy atom. The number of piperidine rings is 1. The fourth-order valence-electron chi connectivity index (χ4n) is 4.62. The highest BCUT2D eigenvalue weighted by molar-refractivity contribution is 5.83. The van der Waals surface area contributed by atoms with E-state index >= 15 is 0 Å². The number of nitrogens with zero attached hydrogens (tertiary/aromatic N) is 3. The van der Waals surface area contributed by atoms with Gasteiger partial charge in [-0.15, -0.1) is 0 Å². The number of aromatic amines is 1. The number of imidazole rings is 1. The van der Waals surface area contributed by atoms with Crippen LogP contribution in [-0.2, 0) is 6.54 Å². The first-order valence-electron chi connectivity index (χ1n) is 11.4. The number of pyridine rings is 1. The highest BCUT2D eigenvalue weighted by Crippen LogP contribution is 2.28. The molecule has 0 aliphatic carbocycles. The van der Waals surface area contributed by atoms with Crippen molar-refractivity contribution in [3.63, 3.8) is 0 Å². The van der Waals surface area contributed by atoms with Crippen molar-refractivity contribution < 1.29 is 18.6 Å². The minimum Gasteiger partial charge on any atom is -0.497 e. The van der Waals surface area contributed by atoms with Crippen molar-refractivity contribution in [1.29, 1.82) is 0 Å². The second-order valence-corrected chi connectivity index (χ2v) is 8.70. The molecule has 4 aromatic rings. The summed E-state index contributed by atoms with van der Waals surface area (Å²) in [5, 5.41) is 15.3. The van der Waals surface area contributed by atoms with Crippen LogP contribution >= 0.6 is 0 Å². The van der Waals surface area contributed by atoms with Gasteiger partial charge in [0.1, 0.15) is 17.1 Å². The number of nitrogens with one attached hydrogen (secondary N) is 2. The number of aliphatic hydroxyl groups excluding tert-OH is 1. The summed E-state index contributed by atoms with van der Waals surface area (Å²) in [4.78, 5) is 13.9. The molecule has 7 nitrogen and oxygen atoms in total. The Bertz CT molecular complexity index is 1300. The van der Waals surface area contributed by atoms with E-state index in [9.17, 15) is 13.9 Å². The molecule has 1 atom stereocenters. The van der Waals surface area contributed by atoms with Gasteiger partial charge >= 0.3 is 0 Å². The Morgan fingerprint density at radius 3 is 2.82 bits per heavy atom. The third kappa shape index (κ3) is 4.59. The van der Waals surface area contributed by atoms with Crippen LogP contribution in [0, 0.1) is 11.6 Å². The highest BCUT2D eigenvalue weighted by atomic mass is 19.2. The number of benzene rings is 2. The lowest BCUT2D eigenvalue weighted by Gasteiger charge is -2.33. The molecule has 2 aromatic carbocycles. The minimum atomic E-state index is -0.924. The number of H-pyrrole nitrogens is 1. The van der Waals surface area contributed by atoms with Crippen molar-refractivity contribution in [2.24, 2.45) is 0 Å². The average molecular weight is 468 g/mol. The van der Waals surface area contributed by atoms with E-state index in [4.69, 9.17) is 4.74 Å². The van der Waals surface area contributed by atoms with E-state index in [1.165, 1.54) is 6.07 Å². The summed E-state index contributed by atoms with van der Waals surface area (Å²) in [6.45, 7) is 2.69. The molecular formula is C25H27F2N5O2. The fraction of sp³-hybridized carbons (Fsp3) is 0.360. The van der Waals surface area contributed by atoms with Crippen LogP contribution in [0.5, 0.6) is 5.75 Å². The number of hydrogen-bond acceptors (Lipinski definition) is 6. The van der Waals surface area contributed by atoms with Gasteiger partial charge in [0, 0.05) is 24.2 Å². The molecule has 3 N–H and O–H groups in total. The quantitative estimate of drug-likeness (QED) is 0.384. The van der Waals surface area contributed by atoms with Crippen molar-refractivity contribution in [1.82, 2.24) is 25.2 Å². The van der Waals surface area contributed by atoms with Crippen molar-refractivity contribution in [2.75, 3.05) is 26.7 Å². The summed E-state index contributed by atoms with van der Waals surface area (Å²) in [7, 11) is 1.62. The van der Waals surface area contributed by atoms with Crippen molar-refractivity contribution in [2.45, 2.75) is 31.5 Å². The van der Waals surface area contributed by atoms with Crippen LogP contribution in [0.3, 0.4) is 0 Å². The molecule has 34 heavy (non-hydrogen) atoms. The number of halogens is 2. The van der Waals surface area contributed by atoms with Gasteiger partial charge in [-0.25, -0.2) is 13.8 Å². The van der Waals surface area contributed by atoms with Crippen LogP contribution in [0.25, 0.3) is 21.9 Å². The van der Waals surface area contributed by atoms with Gasteiger partial charge in [-0.1, -0.05) is 0 Å². The Balaban J connectivity index is 1.16. The number of likely N-dealkylation sites (tertiary alicyclic amines) is 1. The van der Waals surface area contributed by atoms with Gasteiger partial charge in [-0.2, -0.15) is 0 Å². The number of fused-ring (bicyclic) bond motifs is 2. The normalized spacial score (nSPS) is 16.4. The first-order valence-corrected chi connectivity index (χ1v) is 11.4. The van der Waals surface area contributed by atoms with Gasteiger partial charge < -0.3 is 25.0 Å². The van der Waals surface area contributed by atoms with E-state index in [1.807, 2.05) is 24.3 Å². The van der Waals surface area contributed by atoms with Gasteiger partial charge in [0.25, 0.3) is 0 Å². The number of hydrogen-bond donors (Lipinski definition) is 3. The first-order chi connectivity index (χ1) is 16.5. The van der Waals surface area contributed by atoms with Crippen LogP contribution in [-0.4, -0.2) is 57.7 Å². The molecule has 9 heteroatoms. The van der Waals surface area contributed by atoms with Gasteiger partial charge in [-0.05, 0) is 67.9 Å². The Labute approximate surface area is 195 Å². The maximum Gasteiger partial charge on any atom is 0.186 e. The maximum absolute atomic E-state index is 13.9. The minimum absolute atomic E-state index is 0.0295. The highest BCUT2D eigenvalue weighted by Gasteiger charge is 2.23. The largest absolute Gasteiger partial charge is 0.497 e. The van der Waals surface area contributed by atoms with E-state index in [0.29, 0.717) is 24.4 Å². The molecule has 0 saturated carbocycles. The standard InChI is InChI=1S/C25H27F2N5O2/c1-34-16-2-4-20-18(12-16)17(6-9-28-20)22(33)14-32-10-7-15(8-11-32)29-13-23-30-21-5-3-19(26)24(27)25(21)31-23/h2-6,9,12,15,22,29,33H,7-8,10-11,13-14H2,1H3,(H,30,31)/t22-/m0/s1. The predicted molar refractivity (Wildman–Crippen MR) is 126 cm³/mol. The first kappa shape index (κ1) is 22.6. The van der Waals surface area contributed by atoms with Gasteiger partial charge in [0.15, 0.2) is 11.6 Å². The zero-order chi connectivity index (χ0) is 23.7. The summed E-state index contributed by atoms with van der Waals surface area (Å²) in [5.74, 6) is -0.505. The smallest absolute Gasteiger partial charge is 0.186 e. The molecule has 1 aliphatic rings. The molecule has 1 aliphatic heterocycles. The van der Waals surface area contributed by atoms with Crippen LogP contribution in [0.1, 0.15) is 30.3 Å². The van der Waals surface area contributed by atoms with Crippen LogP contribution in [0.2, 0.25) is 0 Å². The van der Waals surface area contributed by atoms with Gasteiger partial charge in [-0.3, -0.25) is 4.98 Å². The van der Waals surface area contributed by atoms with E-state index in [-0.39, 0.29) is 11.6 Å². The van der Waals surface area contributed by atoms with Crippen molar-refractivity contribution >= 4 is 21.9 Å². The zero-order valence-electron chi connectivity index (χ0n) is 18.9. The zero-order valence-corrected chi connectivity index (χ0v) is 18.9. The molecule has 2 aromatic heterocycles. The lowest BCUT2D eigenvalue weighted by atomic mass is 10.0. The Hall–Kier alpha value is -3.14. The van der Waals surface area contributed by atoms with Gasteiger partial charge in [0.05, 0.1) is 30.8 Å². The fourth-order valence-corrected chi connectivity index (χ4v) is 4.62. The summed E-state index contributed by atoms with van der Waals surface area (Å²) >= 11 is 0. The van der Waals surface area contributed by atoms with Crippen molar-refractivity contribution in [3.05, 3.63) is 65.6 Å². The average Bonchev–Trinajstić information content (AvgIpc) is 3.29. The molecule has 3 heterocycles. The molecule has 1 fully saturated rings. The van der Waals surface area contributed by atoms with Crippen LogP contribution < -0.4 is 10.1 Å².